The molecule has 0 unspecified atom stereocenters. The monoisotopic (exact) mass is 454 g/mol. The SMILES string of the molecule is CCCCC[C@]1(O)CCN(CC(=O)N2CCSc3ccccc32)C[C@@H]1Oc1ccccc1. The molecule has 0 bridgehead atoms. The number of carbonyl (C=O) groups excluding carboxylic acids is 1. The smallest absolute Gasteiger partial charge is 0.241 e. The van der Waals surface area contributed by atoms with E-state index in [-0.39, 0.29) is 12.0 Å². The van der Waals surface area contributed by atoms with Gasteiger partial charge in [-0.15, -0.1) is 11.8 Å². The van der Waals surface area contributed by atoms with Crippen LogP contribution in [0.5, 0.6) is 5.75 Å². The quantitative estimate of drug-likeness (QED) is 0.591. The van der Waals surface area contributed by atoms with Crippen molar-refractivity contribution in [3.63, 3.8) is 0 Å². The van der Waals surface area contributed by atoms with Crippen molar-refractivity contribution in [1.29, 1.82) is 0 Å². The number of hydrogen-bond donors (Lipinski definition) is 1. The fraction of sp³-hybridized carbons (Fsp3) is 0.500. The molecule has 1 N–H and O–H groups in total. The van der Waals surface area contributed by atoms with Gasteiger partial charge in [0.2, 0.25) is 5.91 Å². The van der Waals surface area contributed by atoms with Gasteiger partial charge in [-0.25, -0.2) is 0 Å². The van der Waals surface area contributed by atoms with Gasteiger partial charge in [0.1, 0.15) is 17.5 Å². The van der Waals surface area contributed by atoms with Crippen LogP contribution in [0.2, 0.25) is 0 Å². The number of rotatable bonds is 8. The largest absolute Gasteiger partial charge is 0.486 e. The zero-order valence-electron chi connectivity index (χ0n) is 18.9. The topological polar surface area (TPSA) is 53.0 Å². The number of likely N-dealkylation sites (tertiary alicyclic amines) is 1. The molecule has 2 aromatic rings. The summed E-state index contributed by atoms with van der Waals surface area (Å²) in [5, 5.41) is 11.5. The Morgan fingerprint density at radius 1 is 1.12 bits per heavy atom. The molecule has 4 rings (SSSR count). The molecule has 172 valence electrons. The predicted octanol–water partition coefficient (Wildman–Crippen LogP) is 4.59. The van der Waals surface area contributed by atoms with Crippen molar-refractivity contribution in [2.24, 2.45) is 0 Å². The van der Waals surface area contributed by atoms with Crippen molar-refractivity contribution in [3.8, 4) is 5.75 Å². The summed E-state index contributed by atoms with van der Waals surface area (Å²) in [4.78, 5) is 18.5. The average Bonchev–Trinajstić information content (AvgIpc) is 2.82. The highest BCUT2D eigenvalue weighted by Gasteiger charge is 2.43. The lowest BCUT2D eigenvalue weighted by molar-refractivity contribution is -0.128. The van der Waals surface area contributed by atoms with E-state index in [1.165, 1.54) is 4.90 Å². The molecule has 1 fully saturated rings. The van der Waals surface area contributed by atoms with Crippen molar-refractivity contribution < 1.29 is 14.6 Å². The average molecular weight is 455 g/mol. The van der Waals surface area contributed by atoms with E-state index in [1.54, 1.807) is 11.8 Å². The molecule has 32 heavy (non-hydrogen) atoms. The fourth-order valence-electron chi connectivity index (χ4n) is 4.63. The van der Waals surface area contributed by atoms with Gasteiger partial charge in [-0.05, 0) is 37.1 Å². The molecule has 1 saturated heterocycles. The normalized spacial score (nSPS) is 23.6. The number of thioether (sulfide) groups is 1. The van der Waals surface area contributed by atoms with Crippen molar-refractivity contribution in [1.82, 2.24) is 4.90 Å². The van der Waals surface area contributed by atoms with Gasteiger partial charge in [-0.1, -0.05) is 56.5 Å². The number of carbonyl (C=O) groups is 1. The molecule has 0 aliphatic carbocycles. The summed E-state index contributed by atoms with van der Waals surface area (Å²) >= 11 is 1.81. The van der Waals surface area contributed by atoms with Gasteiger partial charge < -0.3 is 14.7 Å². The van der Waals surface area contributed by atoms with Crippen LogP contribution in [0.3, 0.4) is 0 Å². The highest BCUT2D eigenvalue weighted by Crippen LogP contribution is 2.35. The summed E-state index contributed by atoms with van der Waals surface area (Å²) in [6, 6.07) is 17.8. The first kappa shape index (κ1) is 23.1. The van der Waals surface area contributed by atoms with Gasteiger partial charge in [0.25, 0.3) is 0 Å². The number of amides is 1. The van der Waals surface area contributed by atoms with Crippen LogP contribution < -0.4 is 9.64 Å². The van der Waals surface area contributed by atoms with Crippen LogP contribution in [-0.2, 0) is 4.79 Å². The number of nitrogens with zero attached hydrogens (tertiary/aromatic N) is 2. The maximum Gasteiger partial charge on any atom is 0.241 e. The molecule has 2 heterocycles. The lowest BCUT2D eigenvalue weighted by Crippen LogP contribution is -2.59. The Bertz CT molecular complexity index is 894. The highest BCUT2D eigenvalue weighted by atomic mass is 32.2. The first-order valence-electron chi connectivity index (χ1n) is 11.8. The van der Waals surface area contributed by atoms with Crippen LogP contribution in [0, 0.1) is 0 Å². The maximum absolute atomic E-state index is 13.2. The van der Waals surface area contributed by atoms with Crippen LogP contribution in [0.1, 0.15) is 39.0 Å². The molecule has 2 aliphatic rings. The van der Waals surface area contributed by atoms with Crippen molar-refractivity contribution in [2.45, 2.75) is 55.6 Å². The second-order valence-electron chi connectivity index (χ2n) is 8.83. The highest BCUT2D eigenvalue weighted by molar-refractivity contribution is 7.99. The molecule has 2 aliphatic heterocycles. The summed E-state index contributed by atoms with van der Waals surface area (Å²) < 4.78 is 6.30. The van der Waals surface area contributed by atoms with Crippen molar-refractivity contribution in [3.05, 3.63) is 54.6 Å². The molecule has 0 saturated carbocycles. The lowest BCUT2D eigenvalue weighted by Gasteiger charge is -2.44. The molecular weight excluding hydrogens is 420 g/mol. The number of anilines is 1. The molecule has 0 aromatic heterocycles. The number of aliphatic hydroxyl groups is 1. The van der Waals surface area contributed by atoms with Gasteiger partial charge in [0, 0.05) is 30.3 Å². The Morgan fingerprint density at radius 3 is 2.72 bits per heavy atom. The third-order valence-corrected chi connectivity index (χ3v) is 7.55. The van der Waals surface area contributed by atoms with E-state index < -0.39 is 5.60 Å². The van der Waals surface area contributed by atoms with E-state index in [1.807, 2.05) is 53.4 Å². The molecule has 2 atom stereocenters. The molecule has 6 heteroatoms. The molecule has 5 nitrogen and oxygen atoms in total. The number of unbranched alkanes of at least 4 members (excludes halogenated alkanes) is 2. The first-order valence-corrected chi connectivity index (χ1v) is 12.8. The van der Waals surface area contributed by atoms with Gasteiger partial charge in [-0.2, -0.15) is 0 Å². The third-order valence-electron chi connectivity index (χ3n) is 6.51. The summed E-state index contributed by atoms with van der Waals surface area (Å²) in [5.41, 5.74) is 0.151. The molecule has 1 amide bonds. The summed E-state index contributed by atoms with van der Waals surface area (Å²) in [5.74, 6) is 1.80. The van der Waals surface area contributed by atoms with Gasteiger partial charge in [-0.3, -0.25) is 9.69 Å². The Balaban J connectivity index is 1.45. The van der Waals surface area contributed by atoms with Crippen LogP contribution in [0.25, 0.3) is 0 Å². The van der Waals surface area contributed by atoms with Crippen LogP contribution in [0.15, 0.2) is 59.5 Å². The minimum absolute atomic E-state index is 0.118. The number of benzene rings is 2. The van der Waals surface area contributed by atoms with Crippen LogP contribution in [0.4, 0.5) is 5.69 Å². The summed E-state index contributed by atoms with van der Waals surface area (Å²) in [7, 11) is 0. The van der Waals surface area contributed by atoms with Crippen LogP contribution in [-0.4, -0.2) is 59.6 Å². The predicted molar refractivity (Wildman–Crippen MR) is 131 cm³/mol. The van der Waals surface area contributed by atoms with Crippen LogP contribution >= 0.6 is 11.8 Å². The van der Waals surface area contributed by atoms with E-state index in [0.717, 1.165) is 49.4 Å². The van der Waals surface area contributed by atoms with E-state index in [9.17, 15) is 9.90 Å². The summed E-state index contributed by atoms with van der Waals surface area (Å²) in [6.45, 7) is 4.51. The Labute approximate surface area is 195 Å². The first-order chi connectivity index (χ1) is 15.6. The minimum atomic E-state index is -0.862. The van der Waals surface area contributed by atoms with E-state index >= 15 is 0 Å². The number of piperidine rings is 1. The number of hydrogen-bond acceptors (Lipinski definition) is 5. The lowest BCUT2D eigenvalue weighted by atomic mass is 9.83. The third kappa shape index (κ3) is 5.48. The number of para-hydroxylation sites is 2. The standard InChI is InChI=1S/C26H34N2O3S/c1-2-3-9-14-26(30)15-16-27(19-24(26)31-21-10-5-4-6-11-21)20-25(29)28-17-18-32-23-13-8-7-12-22(23)28/h4-8,10-13,24,30H,2-3,9,14-20H2,1H3/t24-,26-/m0/s1. The Hall–Kier alpha value is -2.02. The van der Waals surface area contributed by atoms with Gasteiger partial charge >= 0.3 is 0 Å². The second-order valence-corrected chi connectivity index (χ2v) is 9.96. The van der Waals surface area contributed by atoms with Crippen molar-refractivity contribution >= 4 is 23.4 Å². The van der Waals surface area contributed by atoms with Crippen molar-refractivity contribution in [2.75, 3.05) is 36.8 Å². The zero-order valence-corrected chi connectivity index (χ0v) is 19.7. The second kappa shape index (κ2) is 10.7. The minimum Gasteiger partial charge on any atom is -0.486 e. The molecule has 2 aromatic carbocycles. The van der Waals surface area contributed by atoms with E-state index in [2.05, 4.69) is 17.9 Å². The number of ether oxygens (including phenoxy) is 1. The van der Waals surface area contributed by atoms with Gasteiger partial charge in [0.05, 0.1) is 12.2 Å². The molecule has 0 spiro atoms. The van der Waals surface area contributed by atoms with E-state index in [0.29, 0.717) is 26.1 Å². The van der Waals surface area contributed by atoms with E-state index in [4.69, 9.17) is 4.74 Å². The Morgan fingerprint density at radius 2 is 1.91 bits per heavy atom. The number of fused-ring (bicyclic) bond motifs is 1. The fourth-order valence-corrected chi connectivity index (χ4v) is 5.63. The molecular formula is C26H34N2O3S. The zero-order chi connectivity index (χ0) is 22.4. The Kier molecular flexibility index (Phi) is 7.76. The maximum atomic E-state index is 13.2. The van der Waals surface area contributed by atoms with Gasteiger partial charge in [0.15, 0.2) is 0 Å². The molecule has 0 radical (unpaired) electrons. The summed E-state index contributed by atoms with van der Waals surface area (Å²) in [6.07, 6.45) is 4.21.